The summed E-state index contributed by atoms with van der Waals surface area (Å²) in [6.07, 6.45) is 49.4. The summed E-state index contributed by atoms with van der Waals surface area (Å²) in [5, 5.41) is 0. The molecule has 0 spiro atoms. The first-order valence-corrected chi connectivity index (χ1v) is 56.4. The SMILES string of the molecule is C=C(C)C1CCC(C)(C(C)(C)C)C(C(C)(C)C)C1.C=CC1CCC(C(C)(C)C)C(C(C)(C)C)C1.CC(C)(C)C1C2CCC(C2)C1C(C)(C)C.CC(C)(C)C1CCC=CCCC1C(C)(C)C.CC(C)(C)C1CCCCC1C(C)(C)C.CC(C)(C)C1CCCCCCC1C(C)(C)C.CC(C)C1CCC(C)(C(C)(C)C)C(C(C)(C)C)C1.CCC1CCC(C(C)(C)C)C(C(C)(C)C)C1. The van der Waals surface area contributed by atoms with E-state index in [4.69, 9.17) is 0 Å². The average molecular weight is 1800 g/mol. The lowest BCUT2D eigenvalue weighted by Gasteiger charge is -2.57. The molecule has 0 nitrogen and oxygen atoms in total. The molecule has 9 rings (SSSR count). The normalized spacial score (nSPS) is 33.1. The predicted molar refractivity (Wildman–Crippen MR) is 590 cm³/mol. The van der Waals surface area contributed by atoms with E-state index in [1.807, 2.05) is 0 Å². The quantitative estimate of drug-likeness (QED) is 0.246. The molecule has 8 fully saturated rings. The maximum atomic E-state index is 4.21. The largest absolute Gasteiger partial charge is 0.103 e. The van der Waals surface area contributed by atoms with Gasteiger partial charge in [0.25, 0.3) is 0 Å². The summed E-state index contributed by atoms with van der Waals surface area (Å²) in [5.74, 6) is 18.8. The lowest BCUT2D eigenvalue weighted by atomic mass is 9.48. The first-order valence-electron chi connectivity index (χ1n) is 56.4. The van der Waals surface area contributed by atoms with Crippen LogP contribution >= 0.6 is 0 Å². The molecule has 766 valence electrons. The van der Waals surface area contributed by atoms with Gasteiger partial charge in [-0.15, -0.1) is 6.58 Å². The molecular weight excluding hydrogens is 1550 g/mol. The molecule has 0 radical (unpaired) electrons. The third kappa shape index (κ3) is 38.0. The molecule has 0 heterocycles. The van der Waals surface area contributed by atoms with Gasteiger partial charge < -0.3 is 0 Å². The van der Waals surface area contributed by atoms with Crippen LogP contribution in [0.4, 0.5) is 0 Å². The Balaban J connectivity index is 0.000000500. The lowest BCUT2D eigenvalue weighted by Crippen LogP contribution is -2.49. The van der Waals surface area contributed by atoms with Crippen LogP contribution in [-0.2, 0) is 0 Å². The maximum absolute atomic E-state index is 4.21. The zero-order valence-electron chi connectivity index (χ0n) is 100.0. The molecule has 0 amide bonds. The third-order valence-corrected chi connectivity index (χ3v) is 38.6. The van der Waals surface area contributed by atoms with Gasteiger partial charge in [0.05, 0.1) is 0 Å². The fraction of sp³-hybridized carbons (Fsp3) is 0.953. The average Bonchev–Trinajstić information content (AvgIpc) is 1.74. The second kappa shape index (κ2) is 47.7. The monoisotopic (exact) mass is 1800 g/mol. The van der Waals surface area contributed by atoms with Gasteiger partial charge >= 0.3 is 0 Å². The Bertz CT molecular complexity index is 3040. The fourth-order valence-electron chi connectivity index (χ4n) is 30.0. The van der Waals surface area contributed by atoms with E-state index >= 15 is 0 Å². The molecule has 9 aliphatic rings. The minimum atomic E-state index is 0.380. The van der Waals surface area contributed by atoms with Crippen molar-refractivity contribution < 1.29 is 0 Å². The summed E-state index contributed by atoms with van der Waals surface area (Å²) >= 11 is 0. The summed E-state index contributed by atoms with van der Waals surface area (Å²) < 4.78 is 0. The summed E-state index contributed by atoms with van der Waals surface area (Å²) in [6, 6.07) is 0. The van der Waals surface area contributed by atoms with Gasteiger partial charge in [-0.25, -0.2) is 0 Å². The Morgan fingerprint density at radius 3 is 0.853 bits per heavy atom. The third-order valence-electron chi connectivity index (χ3n) is 38.6. The van der Waals surface area contributed by atoms with Gasteiger partial charge in [-0.05, 0) is 370 Å². The summed E-state index contributed by atoms with van der Waals surface area (Å²) in [7, 11) is 0. The van der Waals surface area contributed by atoms with Crippen LogP contribution in [0, 0.1) is 222 Å². The Hall–Kier alpha value is -0.780. The molecule has 9 aliphatic carbocycles. The van der Waals surface area contributed by atoms with Crippen LogP contribution in [-0.4, -0.2) is 0 Å². The van der Waals surface area contributed by atoms with Crippen molar-refractivity contribution in [2.45, 2.75) is 567 Å². The van der Waals surface area contributed by atoms with Crippen LogP contribution in [0.25, 0.3) is 0 Å². The molecule has 0 heteroatoms. The van der Waals surface area contributed by atoms with Gasteiger partial charge in [0.15, 0.2) is 0 Å². The zero-order valence-corrected chi connectivity index (χ0v) is 100.0. The molecule has 0 aromatic rings. The maximum Gasteiger partial charge on any atom is -0.0205 e. The van der Waals surface area contributed by atoms with E-state index in [-0.39, 0.29) is 0 Å². The highest BCUT2D eigenvalue weighted by Gasteiger charge is 2.57. The van der Waals surface area contributed by atoms with Gasteiger partial charge in [-0.1, -0.05) is 449 Å². The highest BCUT2D eigenvalue weighted by atomic mass is 14.6. The van der Waals surface area contributed by atoms with Gasteiger partial charge in [0, 0.05) is 0 Å². The number of hydrogen-bond donors (Lipinski definition) is 0. The topological polar surface area (TPSA) is 0 Å². The van der Waals surface area contributed by atoms with Crippen molar-refractivity contribution in [3.8, 4) is 0 Å². The van der Waals surface area contributed by atoms with Crippen molar-refractivity contribution in [2.24, 2.45) is 222 Å². The summed E-state index contributed by atoms with van der Waals surface area (Å²) in [5.41, 5.74) is 9.63. The molecule has 129 heavy (non-hydrogen) atoms. The van der Waals surface area contributed by atoms with Gasteiger partial charge in [0.1, 0.15) is 0 Å². The molecular formula is C129H250. The van der Waals surface area contributed by atoms with E-state index in [1.54, 1.807) is 0 Å². The second-order valence-corrected chi connectivity index (χ2v) is 64.9. The van der Waals surface area contributed by atoms with Crippen molar-refractivity contribution in [2.75, 3.05) is 0 Å². The van der Waals surface area contributed by atoms with Crippen molar-refractivity contribution in [1.29, 1.82) is 0 Å². The van der Waals surface area contributed by atoms with Crippen molar-refractivity contribution in [3.05, 3.63) is 37.0 Å². The second-order valence-electron chi connectivity index (χ2n) is 64.9. The van der Waals surface area contributed by atoms with E-state index in [9.17, 15) is 0 Å². The Morgan fingerprint density at radius 2 is 0.581 bits per heavy atom. The summed E-state index contributed by atoms with van der Waals surface area (Å²) in [4.78, 5) is 0. The van der Waals surface area contributed by atoms with E-state index in [1.165, 1.54) is 198 Å². The number of rotatable bonds is 4. The van der Waals surface area contributed by atoms with Crippen molar-refractivity contribution in [3.63, 3.8) is 0 Å². The molecule has 0 aromatic heterocycles. The minimum absolute atomic E-state index is 0.380. The summed E-state index contributed by atoms with van der Waals surface area (Å²) in [6.45, 7) is 139. The first-order chi connectivity index (χ1) is 57.5. The molecule has 2 bridgehead atoms. The molecule has 0 saturated heterocycles. The number of allylic oxidation sites excluding steroid dienone is 4. The van der Waals surface area contributed by atoms with Crippen molar-refractivity contribution in [1.82, 2.24) is 0 Å². The minimum Gasteiger partial charge on any atom is -0.103 e. The molecule has 0 N–H and O–H groups in total. The molecule has 22 unspecified atom stereocenters. The standard InChI is InChI=1S/C18H36.C18H34.C16H32.C16H30.C16H32.C16H30.C15H28.C14H28/c2*1-13(2)14-10-11-18(9,17(6,7)8)15(12-14)16(3,4)5;2*1-15(2,3)13-11-9-7-8-10-12-14(13)16(4,5)6;2*1-8-12-9-10-13(15(2,3)4)14(11-12)16(5,6)7;1-14(2,3)12-10-7-8-11(9-10)13(12)15(4,5)6;1-13(2,3)11-9-7-8-10-12(11)14(4,5)6/h13-15H,10-12H2,1-9H3;14-15H,1,10-12H2,2-9H3;13-14H,7-12H2,1-6H3;7-8,13-14H,9-12H2,1-6H3;12-14H,8-11H2,1-7H3;8,12-14H,1,9-11H2,2-7H3;10-13H,7-9H2,1-6H3;11-12H,7-10H2,1-6H3. The van der Waals surface area contributed by atoms with Crippen molar-refractivity contribution >= 4 is 0 Å². The van der Waals surface area contributed by atoms with Gasteiger partial charge in [-0.3, -0.25) is 0 Å². The highest BCUT2D eigenvalue weighted by molar-refractivity contribution is 5.09. The van der Waals surface area contributed by atoms with Gasteiger partial charge in [0.2, 0.25) is 0 Å². The van der Waals surface area contributed by atoms with Crippen LogP contribution in [0.15, 0.2) is 37.0 Å². The van der Waals surface area contributed by atoms with E-state index < -0.39 is 0 Å². The highest BCUT2D eigenvalue weighted by Crippen LogP contribution is 2.65. The number of hydrogen-bond acceptors (Lipinski definition) is 0. The number of fused-ring (bicyclic) bond motifs is 2. The first kappa shape index (κ1) is 124. The van der Waals surface area contributed by atoms with Gasteiger partial charge in [-0.2, -0.15) is 0 Å². The smallest absolute Gasteiger partial charge is 0.0205 e. The molecule has 8 saturated carbocycles. The fourth-order valence-corrected chi connectivity index (χ4v) is 30.0. The Morgan fingerprint density at radius 1 is 0.302 bits per heavy atom. The lowest BCUT2D eigenvalue weighted by molar-refractivity contribution is -0.0787. The van der Waals surface area contributed by atoms with E-state index in [0.717, 1.165) is 124 Å². The Kier molecular flexibility index (Phi) is 45.9. The van der Waals surface area contributed by atoms with E-state index in [2.05, 4.69) is 405 Å². The molecule has 0 aliphatic heterocycles. The Labute approximate surface area is 819 Å². The zero-order chi connectivity index (χ0) is 101. The van der Waals surface area contributed by atoms with E-state index in [0.29, 0.717) is 97.5 Å². The predicted octanol–water partition coefficient (Wildman–Crippen LogP) is 43.8. The molecule has 22 atom stereocenters. The van der Waals surface area contributed by atoms with Crippen LogP contribution in [0.2, 0.25) is 0 Å². The molecule has 0 aromatic carbocycles. The van der Waals surface area contributed by atoms with Crippen LogP contribution < -0.4 is 0 Å². The van der Waals surface area contributed by atoms with Crippen LogP contribution in [0.3, 0.4) is 0 Å². The van der Waals surface area contributed by atoms with Crippen LogP contribution in [0.1, 0.15) is 567 Å². The van der Waals surface area contributed by atoms with Crippen LogP contribution in [0.5, 0.6) is 0 Å².